The number of nitriles is 2. The standard InChI is InChI=1S/C16H20N8.C11H17ClN4.C7H16N2.C5H4N4.C4H2Cl2N2/c1-24-4-2-12(3-5-24)8-18-13-6-15(23-21-10-13)22-16-11-19-14(7-17)9-20-16;1-16-4-2-9(3-5-16)7-13-10-6-11(12)15-14-8-10;1-9-4-2-7(6-8)3-5-9;6-1-4-2-9-5(7)3-8-4;5-3-1-4(6)8-7-2-3/h6,9-12H,2-5,8H2,1H3,(H2,18,20,22,23);6,8-9H,2-5,7H2,1H3,(H,13,15);7H,2-6,8H2,1H3;2-3H,(H2,7,9);1-2H. The Balaban J connectivity index is 0.000000195. The number of nitrogens with zero attached hydrogens (tertiary/aromatic N) is 15. The number of halogens is 3. The minimum absolute atomic E-state index is 0.278. The normalized spacial score (nSPS) is 15.8. The van der Waals surface area contributed by atoms with Crippen LogP contribution in [0, 0.1) is 40.4 Å². The van der Waals surface area contributed by atoms with Crippen molar-refractivity contribution < 1.29 is 0 Å². The number of hydrogen-bond donors (Lipinski definition) is 5. The maximum Gasteiger partial charge on any atom is 0.158 e. The van der Waals surface area contributed by atoms with Crippen LogP contribution >= 0.6 is 34.8 Å². The molecule has 0 aromatic carbocycles. The summed E-state index contributed by atoms with van der Waals surface area (Å²) in [5.41, 5.74) is 13.2. The average molecular weight is 962 g/mol. The van der Waals surface area contributed by atoms with E-state index in [1.807, 2.05) is 24.3 Å². The molecule has 3 aliphatic heterocycles. The van der Waals surface area contributed by atoms with Crippen LogP contribution in [0.5, 0.6) is 0 Å². The number of nitrogen functional groups attached to an aromatic ring is 1. The van der Waals surface area contributed by atoms with Gasteiger partial charge in [-0.15, -0.1) is 15.3 Å². The number of nitrogens with two attached hydrogens (primary N) is 2. The lowest BCUT2D eigenvalue weighted by molar-refractivity contribution is 0.223. The molecule has 20 nitrogen and oxygen atoms in total. The van der Waals surface area contributed by atoms with Crippen LogP contribution in [0.15, 0.2) is 61.6 Å². The molecule has 0 bridgehead atoms. The van der Waals surface area contributed by atoms with E-state index in [2.05, 4.69) is 102 Å². The van der Waals surface area contributed by atoms with Crippen LogP contribution in [0.25, 0.3) is 0 Å². The molecule has 0 amide bonds. The molecule has 8 rings (SSSR count). The van der Waals surface area contributed by atoms with Gasteiger partial charge in [0, 0.05) is 25.2 Å². The summed E-state index contributed by atoms with van der Waals surface area (Å²) in [6.07, 6.45) is 18.0. The van der Waals surface area contributed by atoms with E-state index in [1.54, 1.807) is 12.4 Å². The molecule has 3 saturated heterocycles. The maximum absolute atomic E-state index is 8.73. The Kier molecular flexibility index (Phi) is 23.8. The Morgan fingerprint density at radius 1 is 0.576 bits per heavy atom. The molecule has 23 heteroatoms. The van der Waals surface area contributed by atoms with Crippen molar-refractivity contribution in [2.45, 2.75) is 38.5 Å². The lowest BCUT2D eigenvalue weighted by atomic mass is 9.97. The summed E-state index contributed by atoms with van der Waals surface area (Å²) < 4.78 is 0. The van der Waals surface area contributed by atoms with Crippen LogP contribution in [-0.2, 0) is 0 Å². The van der Waals surface area contributed by atoms with Crippen LogP contribution in [0.3, 0.4) is 0 Å². The molecule has 0 saturated carbocycles. The summed E-state index contributed by atoms with van der Waals surface area (Å²) in [5.74, 6) is 3.69. The Bertz CT molecular complexity index is 2190. The second-order valence-electron chi connectivity index (χ2n) is 16.0. The third-order valence-electron chi connectivity index (χ3n) is 10.7. The summed E-state index contributed by atoms with van der Waals surface area (Å²) in [6.45, 7) is 10.0. The fraction of sp³-hybridized carbons (Fsp3) is 0.488. The van der Waals surface area contributed by atoms with Crippen molar-refractivity contribution in [2.24, 2.45) is 23.5 Å². The summed E-state index contributed by atoms with van der Waals surface area (Å²) in [4.78, 5) is 22.5. The first kappa shape index (κ1) is 52.9. The summed E-state index contributed by atoms with van der Waals surface area (Å²) in [5, 5.41) is 50.6. The van der Waals surface area contributed by atoms with Gasteiger partial charge in [-0.3, -0.25) is 0 Å². The molecule has 3 aliphatic rings. The fourth-order valence-electron chi connectivity index (χ4n) is 6.61. The van der Waals surface area contributed by atoms with Crippen molar-refractivity contribution in [3.8, 4) is 12.1 Å². The minimum Gasteiger partial charge on any atom is -0.383 e. The van der Waals surface area contributed by atoms with Crippen molar-refractivity contribution >= 4 is 63.6 Å². The first-order valence-electron chi connectivity index (χ1n) is 21.6. The molecule has 5 aromatic heterocycles. The minimum atomic E-state index is 0.278. The number of anilines is 5. The lowest BCUT2D eigenvalue weighted by Gasteiger charge is -2.29. The van der Waals surface area contributed by atoms with Crippen LogP contribution in [0.1, 0.15) is 49.9 Å². The number of rotatable bonds is 9. The van der Waals surface area contributed by atoms with Crippen LogP contribution < -0.4 is 27.4 Å². The first-order valence-corrected chi connectivity index (χ1v) is 22.7. The molecule has 8 heterocycles. The SMILES string of the molecule is CN1CCC(CN)CC1.CN1CCC(CNc2cnnc(Cl)c2)CC1.CN1CCC(CNc2cnnc(Nc3cnc(C#N)cn3)c2)CC1.Clc1cnnc(Cl)c1.N#Cc1cnc(N)cn1. The van der Waals surface area contributed by atoms with Crippen molar-refractivity contribution in [3.05, 3.63) is 88.3 Å². The molecule has 0 radical (unpaired) electrons. The van der Waals surface area contributed by atoms with Crippen LogP contribution in [0.2, 0.25) is 15.3 Å². The van der Waals surface area contributed by atoms with Gasteiger partial charge < -0.3 is 42.1 Å². The number of hydrogen-bond acceptors (Lipinski definition) is 20. The highest BCUT2D eigenvalue weighted by Gasteiger charge is 2.18. The molecule has 66 heavy (non-hydrogen) atoms. The second kappa shape index (κ2) is 29.7. The number of likely N-dealkylation sites (tertiary alicyclic amines) is 3. The van der Waals surface area contributed by atoms with E-state index in [0.29, 0.717) is 38.7 Å². The molecule has 0 aliphatic carbocycles. The number of aromatic nitrogens is 10. The zero-order chi connectivity index (χ0) is 47.5. The van der Waals surface area contributed by atoms with Gasteiger partial charge in [0.05, 0.1) is 59.8 Å². The van der Waals surface area contributed by atoms with Crippen LogP contribution in [0.4, 0.5) is 28.8 Å². The van der Waals surface area contributed by atoms with Gasteiger partial charge >= 0.3 is 0 Å². The van der Waals surface area contributed by atoms with Crippen molar-refractivity contribution in [3.63, 3.8) is 0 Å². The Morgan fingerprint density at radius 3 is 1.47 bits per heavy atom. The predicted octanol–water partition coefficient (Wildman–Crippen LogP) is 5.52. The highest BCUT2D eigenvalue weighted by Crippen LogP contribution is 2.20. The van der Waals surface area contributed by atoms with E-state index in [9.17, 15) is 0 Å². The van der Waals surface area contributed by atoms with E-state index in [1.165, 1.54) is 102 Å². The molecule has 0 spiro atoms. The molecule has 5 aromatic rings. The van der Waals surface area contributed by atoms with Crippen molar-refractivity contribution in [1.29, 1.82) is 10.5 Å². The number of nitrogens with one attached hydrogen (secondary N) is 3. The Morgan fingerprint density at radius 2 is 1.05 bits per heavy atom. The maximum atomic E-state index is 8.73. The second-order valence-corrected chi connectivity index (χ2v) is 17.2. The van der Waals surface area contributed by atoms with Gasteiger partial charge in [0.15, 0.2) is 27.5 Å². The topological polar surface area (TPSA) is 274 Å². The fourth-order valence-corrected chi connectivity index (χ4v) is 7.14. The Labute approximate surface area is 401 Å². The summed E-state index contributed by atoms with van der Waals surface area (Å²) >= 11 is 16.6. The van der Waals surface area contributed by atoms with Gasteiger partial charge in [0.1, 0.15) is 23.8 Å². The lowest BCUT2D eigenvalue weighted by Crippen LogP contribution is -2.33. The van der Waals surface area contributed by atoms with E-state index < -0.39 is 0 Å². The molecular weight excluding hydrogens is 903 g/mol. The van der Waals surface area contributed by atoms with Gasteiger partial charge in [0.25, 0.3) is 0 Å². The zero-order valence-electron chi connectivity index (χ0n) is 37.6. The third-order valence-corrected chi connectivity index (χ3v) is 11.3. The Hall–Kier alpha value is -5.71. The van der Waals surface area contributed by atoms with Gasteiger partial charge in [0.2, 0.25) is 0 Å². The van der Waals surface area contributed by atoms with Gasteiger partial charge in [-0.25, -0.2) is 19.9 Å². The highest BCUT2D eigenvalue weighted by molar-refractivity contribution is 6.33. The predicted molar refractivity (Wildman–Crippen MR) is 259 cm³/mol. The molecule has 0 atom stereocenters. The van der Waals surface area contributed by atoms with Gasteiger partial charge in [-0.05, 0) is 129 Å². The molecule has 7 N–H and O–H groups in total. The van der Waals surface area contributed by atoms with Crippen LogP contribution in [-0.4, -0.2) is 145 Å². The highest BCUT2D eigenvalue weighted by atomic mass is 35.5. The summed E-state index contributed by atoms with van der Waals surface area (Å²) in [6, 6.07) is 8.98. The van der Waals surface area contributed by atoms with Gasteiger partial charge in [-0.2, -0.15) is 25.8 Å². The zero-order valence-corrected chi connectivity index (χ0v) is 39.9. The third kappa shape index (κ3) is 21.5. The van der Waals surface area contributed by atoms with E-state index in [0.717, 1.165) is 55.9 Å². The molecule has 352 valence electrons. The first-order chi connectivity index (χ1) is 31.9. The largest absolute Gasteiger partial charge is 0.383 e. The molecular formula is C43H59Cl3N20. The molecule has 0 unspecified atom stereocenters. The summed E-state index contributed by atoms with van der Waals surface area (Å²) in [7, 11) is 6.52. The van der Waals surface area contributed by atoms with E-state index in [4.69, 9.17) is 56.8 Å². The monoisotopic (exact) mass is 960 g/mol. The quantitative estimate of drug-likeness (QED) is 0.122. The van der Waals surface area contributed by atoms with E-state index >= 15 is 0 Å². The van der Waals surface area contributed by atoms with Crippen molar-refractivity contribution in [1.82, 2.24) is 65.2 Å². The van der Waals surface area contributed by atoms with Crippen molar-refractivity contribution in [2.75, 3.05) is 102 Å². The van der Waals surface area contributed by atoms with Gasteiger partial charge in [-0.1, -0.05) is 34.8 Å². The number of piperidine rings is 3. The smallest absolute Gasteiger partial charge is 0.158 e. The van der Waals surface area contributed by atoms with E-state index in [-0.39, 0.29) is 11.4 Å². The average Bonchev–Trinajstić information content (AvgIpc) is 3.33. The molecule has 3 fully saturated rings.